The van der Waals surface area contributed by atoms with Gasteiger partial charge in [-0.05, 0) is 37.4 Å². The van der Waals surface area contributed by atoms with E-state index in [1.165, 1.54) is 0 Å². The number of halogens is 3. The van der Waals surface area contributed by atoms with E-state index in [9.17, 15) is 13.2 Å². The van der Waals surface area contributed by atoms with Crippen LogP contribution in [0.3, 0.4) is 0 Å². The fraction of sp³-hybridized carbons (Fsp3) is 0.500. The number of fused-ring (bicyclic) bond motifs is 1. The predicted octanol–water partition coefficient (Wildman–Crippen LogP) is 3.80. The lowest BCUT2D eigenvalue weighted by atomic mass is 9.96. The molecule has 136 valence electrons. The van der Waals surface area contributed by atoms with Crippen LogP contribution in [-0.4, -0.2) is 37.0 Å². The van der Waals surface area contributed by atoms with Crippen molar-refractivity contribution in [3.8, 4) is 11.6 Å². The molecule has 1 fully saturated rings. The third-order valence-electron chi connectivity index (χ3n) is 4.27. The molecule has 1 aromatic carbocycles. The first-order valence-corrected chi connectivity index (χ1v) is 8.30. The van der Waals surface area contributed by atoms with Crippen molar-refractivity contribution in [1.29, 1.82) is 0 Å². The molecule has 2 aromatic rings. The second-order valence-corrected chi connectivity index (χ2v) is 6.54. The van der Waals surface area contributed by atoms with Gasteiger partial charge in [-0.15, -0.1) is 0 Å². The van der Waals surface area contributed by atoms with E-state index >= 15 is 0 Å². The molecule has 0 spiro atoms. The minimum atomic E-state index is -4.22. The summed E-state index contributed by atoms with van der Waals surface area (Å²) in [6.45, 7) is 4.05. The monoisotopic (exact) mass is 354 g/mol. The third-order valence-corrected chi connectivity index (χ3v) is 4.27. The van der Waals surface area contributed by atoms with E-state index in [1.807, 2.05) is 38.1 Å². The Labute approximate surface area is 144 Å². The van der Waals surface area contributed by atoms with Crippen LogP contribution in [0.4, 0.5) is 13.2 Å². The molecule has 0 aliphatic carbocycles. The summed E-state index contributed by atoms with van der Waals surface area (Å²) >= 11 is 0. The van der Waals surface area contributed by atoms with Gasteiger partial charge in [0.15, 0.2) is 0 Å². The van der Waals surface area contributed by atoms with Crippen molar-refractivity contribution in [2.75, 3.05) is 19.7 Å². The number of hydrogen-bond acceptors (Lipinski definition) is 4. The Kier molecular flexibility index (Phi) is 5.03. The largest absolute Gasteiger partial charge is 0.491 e. The number of nitrogens with one attached hydrogen (secondary N) is 1. The van der Waals surface area contributed by atoms with Crippen LogP contribution in [0.1, 0.15) is 13.8 Å². The second kappa shape index (κ2) is 7.07. The van der Waals surface area contributed by atoms with Crippen LogP contribution in [0.2, 0.25) is 0 Å². The van der Waals surface area contributed by atoms with E-state index in [1.54, 1.807) is 6.20 Å². The van der Waals surface area contributed by atoms with E-state index < -0.39 is 18.0 Å². The van der Waals surface area contributed by atoms with Crippen molar-refractivity contribution in [3.63, 3.8) is 0 Å². The minimum absolute atomic E-state index is 0.0237. The molecular weight excluding hydrogens is 333 g/mol. The molecule has 1 aliphatic heterocycles. The summed E-state index contributed by atoms with van der Waals surface area (Å²) in [5.74, 6) is -0.995. The summed E-state index contributed by atoms with van der Waals surface area (Å²) in [4.78, 5) is 4.20. The molecule has 0 amide bonds. The zero-order chi connectivity index (χ0) is 18.0. The molecule has 1 aromatic heterocycles. The van der Waals surface area contributed by atoms with Crippen LogP contribution in [0, 0.1) is 11.8 Å². The molecule has 4 nitrogen and oxygen atoms in total. The van der Waals surface area contributed by atoms with E-state index in [0.29, 0.717) is 11.6 Å². The molecular formula is C18H21F3N2O2. The van der Waals surface area contributed by atoms with Gasteiger partial charge in [-0.3, -0.25) is 0 Å². The van der Waals surface area contributed by atoms with Crippen molar-refractivity contribution >= 4 is 10.8 Å². The highest BCUT2D eigenvalue weighted by Gasteiger charge is 2.47. The van der Waals surface area contributed by atoms with Gasteiger partial charge in [0.05, 0.1) is 18.6 Å². The molecule has 1 aliphatic rings. The van der Waals surface area contributed by atoms with Gasteiger partial charge >= 0.3 is 6.18 Å². The van der Waals surface area contributed by atoms with E-state index in [4.69, 9.17) is 9.47 Å². The molecule has 7 heteroatoms. The maximum atomic E-state index is 13.0. The summed E-state index contributed by atoms with van der Waals surface area (Å²) in [5, 5.41) is 4.43. The summed E-state index contributed by atoms with van der Waals surface area (Å²) in [5.41, 5.74) is 0. The van der Waals surface area contributed by atoms with Gasteiger partial charge in [0.25, 0.3) is 0 Å². The van der Waals surface area contributed by atoms with Gasteiger partial charge in [-0.25, -0.2) is 4.98 Å². The Hall–Kier alpha value is -2.02. The Morgan fingerprint density at radius 3 is 2.76 bits per heavy atom. The molecule has 1 saturated heterocycles. The first kappa shape index (κ1) is 17.8. The Morgan fingerprint density at radius 2 is 2.04 bits per heavy atom. The highest BCUT2D eigenvalue weighted by Crippen LogP contribution is 2.35. The fourth-order valence-corrected chi connectivity index (χ4v) is 3.06. The number of nitrogens with zero attached hydrogens (tertiary/aromatic N) is 1. The molecule has 1 N–H and O–H groups in total. The number of benzene rings is 1. The van der Waals surface area contributed by atoms with Crippen LogP contribution in [-0.2, 0) is 0 Å². The maximum absolute atomic E-state index is 13.0. The number of alkyl halides is 3. The molecule has 25 heavy (non-hydrogen) atoms. The van der Waals surface area contributed by atoms with Gasteiger partial charge in [0.2, 0.25) is 5.88 Å². The van der Waals surface area contributed by atoms with Crippen molar-refractivity contribution in [2.24, 2.45) is 11.8 Å². The summed E-state index contributed by atoms with van der Waals surface area (Å²) in [6, 6.07) is 7.38. The normalized spacial score (nSPS) is 21.0. The number of rotatable bonds is 5. The number of pyridine rings is 1. The number of ether oxygens (including phenoxy) is 2. The van der Waals surface area contributed by atoms with Crippen LogP contribution in [0.15, 0.2) is 30.5 Å². The van der Waals surface area contributed by atoms with Crippen molar-refractivity contribution in [3.05, 3.63) is 30.5 Å². The zero-order valence-corrected chi connectivity index (χ0v) is 14.1. The average molecular weight is 354 g/mol. The molecule has 0 radical (unpaired) electrons. The first-order chi connectivity index (χ1) is 11.8. The van der Waals surface area contributed by atoms with Crippen LogP contribution in [0.25, 0.3) is 10.8 Å². The smallest absolute Gasteiger partial charge is 0.393 e. The molecule has 0 bridgehead atoms. The van der Waals surface area contributed by atoms with Gasteiger partial charge in [0.1, 0.15) is 5.75 Å². The summed E-state index contributed by atoms with van der Waals surface area (Å²) < 4.78 is 50.5. The van der Waals surface area contributed by atoms with Crippen molar-refractivity contribution in [1.82, 2.24) is 10.3 Å². The maximum Gasteiger partial charge on any atom is 0.393 e. The van der Waals surface area contributed by atoms with Gasteiger partial charge < -0.3 is 14.8 Å². The summed E-state index contributed by atoms with van der Waals surface area (Å²) in [7, 11) is 0. The van der Waals surface area contributed by atoms with Crippen LogP contribution in [0.5, 0.6) is 11.6 Å². The van der Waals surface area contributed by atoms with E-state index in [0.717, 1.165) is 10.8 Å². The van der Waals surface area contributed by atoms with E-state index in [-0.39, 0.29) is 25.8 Å². The highest BCUT2D eigenvalue weighted by molar-refractivity contribution is 5.87. The molecule has 2 atom stereocenters. The lowest BCUT2D eigenvalue weighted by molar-refractivity contribution is -0.181. The summed E-state index contributed by atoms with van der Waals surface area (Å²) in [6.07, 6.45) is -2.60. The third kappa shape index (κ3) is 4.15. The number of aromatic nitrogens is 1. The lowest BCUT2D eigenvalue weighted by Crippen LogP contribution is -2.32. The molecule has 3 rings (SSSR count). The van der Waals surface area contributed by atoms with Gasteiger partial charge in [-0.2, -0.15) is 13.2 Å². The Morgan fingerprint density at radius 1 is 1.24 bits per heavy atom. The lowest BCUT2D eigenvalue weighted by Gasteiger charge is -2.21. The molecule has 0 unspecified atom stereocenters. The number of hydrogen-bond donors (Lipinski definition) is 1. The zero-order valence-electron chi connectivity index (χ0n) is 14.1. The first-order valence-electron chi connectivity index (χ1n) is 8.30. The van der Waals surface area contributed by atoms with E-state index in [2.05, 4.69) is 10.3 Å². The van der Waals surface area contributed by atoms with Gasteiger partial charge in [0, 0.05) is 30.6 Å². The quantitative estimate of drug-likeness (QED) is 0.887. The van der Waals surface area contributed by atoms with Crippen molar-refractivity contribution in [2.45, 2.75) is 26.1 Å². The fourth-order valence-electron chi connectivity index (χ4n) is 3.06. The average Bonchev–Trinajstić information content (AvgIpc) is 3.01. The standard InChI is InChI=1S/C18H21F3N2O2/c1-11(2)25-14-4-3-12-5-6-23-17(15(12)7-14)24-10-13-8-22-9-16(13)18(19,20)21/h3-7,11,13,16,22H,8-10H2,1-2H3/t13-,16+/m1/s1. The SMILES string of the molecule is CC(C)Oc1ccc2ccnc(OC[C@H]3CNC[C@@H]3C(F)(F)F)c2c1. The second-order valence-electron chi connectivity index (χ2n) is 6.54. The predicted molar refractivity (Wildman–Crippen MR) is 88.9 cm³/mol. The molecule has 0 saturated carbocycles. The molecule has 2 heterocycles. The topological polar surface area (TPSA) is 43.4 Å². The highest BCUT2D eigenvalue weighted by atomic mass is 19.4. The Bertz CT molecular complexity index is 734. The van der Waals surface area contributed by atoms with Crippen LogP contribution < -0.4 is 14.8 Å². The van der Waals surface area contributed by atoms with Crippen molar-refractivity contribution < 1.29 is 22.6 Å². The Balaban J connectivity index is 1.79. The van der Waals surface area contributed by atoms with Crippen LogP contribution >= 0.6 is 0 Å². The van der Waals surface area contributed by atoms with Gasteiger partial charge in [-0.1, -0.05) is 6.07 Å². The minimum Gasteiger partial charge on any atom is -0.491 e.